The van der Waals surface area contributed by atoms with Crippen LogP contribution in [0.1, 0.15) is 13.8 Å². The van der Waals surface area contributed by atoms with E-state index in [1.165, 1.54) is 0 Å². The fourth-order valence-electron chi connectivity index (χ4n) is 0.651. The fourth-order valence-corrected chi connectivity index (χ4v) is 1.14. The van der Waals surface area contributed by atoms with Gasteiger partial charge < -0.3 is 10.5 Å². The first kappa shape index (κ1) is 11.3. The molecule has 0 aromatic carbocycles. The molecule has 0 radical (unpaired) electrons. The third-order valence-corrected chi connectivity index (χ3v) is 2.16. The Balaban J connectivity index is 4.11. The van der Waals surface area contributed by atoms with Crippen molar-refractivity contribution in [1.29, 1.82) is 5.26 Å². The quantitative estimate of drug-likeness (QED) is 0.513. The van der Waals surface area contributed by atoms with Gasteiger partial charge in [-0.05, 0) is 25.6 Å². The minimum Gasteiger partial charge on any atom is -0.465 e. The topological polar surface area (TPSA) is 76.1 Å². The predicted octanol–water partition coefficient (Wildman–Crippen LogP) is 0.480. The Morgan fingerprint density at radius 1 is 1.83 bits per heavy atom. The highest BCUT2D eigenvalue weighted by Gasteiger charge is 2.24. The standard InChI is InChI=1S/C7H12N2O2S/c1-3-11-7(10)6(5(2)9)12-4-8/h5-6H,3,9H2,1-2H3. The van der Waals surface area contributed by atoms with Crippen LogP contribution in [0, 0.1) is 10.7 Å². The molecule has 0 aromatic rings. The van der Waals surface area contributed by atoms with Crippen molar-refractivity contribution in [2.24, 2.45) is 5.73 Å². The van der Waals surface area contributed by atoms with Crippen LogP contribution < -0.4 is 5.73 Å². The van der Waals surface area contributed by atoms with Crippen molar-refractivity contribution in [3.05, 3.63) is 0 Å². The SMILES string of the molecule is CCOC(=O)C(SC#N)C(C)N. The summed E-state index contributed by atoms with van der Waals surface area (Å²) in [4.78, 5) is 11.1. The van der Waals surface area contributed by atoms with E-state index in [4.69, 9.17) is 15.7 Å². The first-order chi connectivity index (χ1) is 5.63. The molecule has 5 heteroatoms. The normalized spacial score (nSPS) is 14.5. The van der Waals surface area contributed by atoms with E-state index in [-0.39, 0.29) is 6.04 Å². The molecule has 0 aromatic heterocycles. The maximum Gasteiger partial charge on any atom is 0.321 e. The molecule has 0 fully saturated rings. The highest BCUT2D eigenvalue weighted by atomic mass is 32.2. The minimum absolute atomic E-state index is 0.314. The predicted molar refractivity (Wildman–Crippen MR) is 47.3 cm³/mol. The summed E-state index contributed by atoms with van der Waals surface area (Å²) >= 11 is 0.839. The second-order valence-electron chi connectivity index (χ2n) is 2.24. The van der Waals surface area contributed by atoms with Crippen LogP contribution in [0.5, 0.6) is 0 Å². The van der Waals surface area contributed by atoms with Gasteiger partial charge in [-0.15, -0.1) is 0 Å². The van der Waals surface area contributed by atoms with Gasteiger partial charge in [0.05, 0.1) is 6.61 Å². The number of nitriles is 1. The third-order valence-electron chi connectivity index (χ3n) is 1.18. The van der Waals surface area contributed by atoms with Gasteiger partial charge >= 0.3 is 5.97 Å². The lowest BCUT2D eigenvalue weighted by Crippen LogP contribution is -2.36. The van der Waals surface area contributed by atoms with Gasteiger partial charge in [-0.1, -0.05) is 0 Å². The van der Waals surface area contributed by atoms with Gasteiger partial charge in [-0.25, -0.2) is 0 Å². The third kappa shape index (κ3) is 3.60. The summed E-state index contributed by atoms with van der Waals surface area (Å²) in [5, 5.41) is 9.60. The molecule has 0 bridgehead atoms. The maximum atomic E-state index is 11.1. The maximum absolute atomic E-state index is 11.1. The Hall–Kier alpha value is -0.730. The molecule has 0 saturated carbocycles. The van der Waals surface area contributed by atoms with Crippen LogP contribution in [0.2, 0.25) is 0 Å². The number of hydrogen-bond acceptors (Lipinski definition) is 5. The van der Waals surface area contributed by atoms with E-state index in [1.54, 1.807) is 13.8 Å². The molecule has 2 atom stereocenters. The molecule has 0 aliphatic carbocycles. The highest BCUT2D eigenvalue weighted by molar-refractivity contribution is 8.05. The zero-order chi connectivity index (χ0) is 9.56. The van der Waals surface area contributed by atoms with E-state index in [0.717, 1.165) is 11.8 Å². The number of ether oxygens (including phenoxy) is 1. The van der Waals surface area contributed by atoms with E-state index in [9.17, 15) is 4.79 Å². The Morgan fingerprint density at radius 3 is 2.75 bits per heavy atom. The number of hydrogen-bond donors (Lipinski definition) is 1. The number of carbonyl (C=O) groups excluding carboxylic acids is 1. The van der Waals surface area contributed by atoms with Crippen molar-refractivity contribution < 1.29 is 9.53 Å². The summed E-state index contributed by atoms with van der Waals surface area (Å²) in [6.07, 6.45) is 0. The Kier molecular flexibility index (Phi) is 5.51. The number of thioether (sulfide) groups is 1. The van der Waals surface area contributed by atoms with Crippen molar-refractivity contribution in [1.82, 2.24) is 0 Å². The van der Waals surface area contributed by atoms with Crippen LogP contribution >= 0.6 is 11.8 Å². The van der Waals surface area contributed by atoms with E-state index >= 15 is 0 Å². The molecule has 0 aliphatic rings. The number of thiocyanates is 1. The van der Waals surface area contributed by atoms with Crippen molar-refractivity contribution in [3.63, 3.8) is 0 Å². The highest BCUT2D eigenvalue weighted by Crippen LogP contribution is 2.13. The van der Waals surface area contributed by atoms with E-state index in [0.29, 0.717) is 6.61 Å². The lowest BCUT2D eigenvalue weighted by Gasteiger charge is -2.14. The van der Waals surface area contributed by atoms with Crippen LogP contribution in [0.15, 0.2) is 0 Å². The monoisotopic (exact) mass is 188 g/mol. The van der Waals surface area contributed by atoms with Crippen molar-refractivity contribution >= 4 is 17.7 Å². The molecule has 2 unspecified atom stereocenters. The summed E-state index contributed by atoms with van der Waals surface area (Å²) in [5.41, 5.74) is 5.48. The van der Waals surface area contributed by atoms with Crippen molar-refractivity contribution in [2.75, 3.05) is 6.61 Å². The van der Waals surface area contributed by atoms with E-state index in [1.807, 2.05) is 5.40 Å². The Labute approximate surface area is 76.1 Å². The van der Waals surface area contributed by atoms with Crippen LogP contribution in [0.3, 0.4) is 0 Å². The van der Waals surface area contributed by atoms with Gasteiger partial charge in [0.1, 0.15) is 10.7 Å². The van der Waals surface area contributed by atoms with Gasteiger partial charge in [-0.3, -0.25) is 4.79 Å². The van der Waals surface area contributed by atoms with Crippen LogP contribution in [0.25, 0.3) is 0 Å². The zero-order valence-electron chi connectivity index (χ0n) is 7.11. The van der Waals surface area contributed by atoms with E-state index in [2.05, 4.69) is 0 Å². The molecule has 4 nitrogen and oxygen atoms in total. The lowest BCUT2D eigenvalue weighted by atomic mass is 10.2. The van der Waals surface area contributed by atoms with Gasteiger partial charge in [0.15, 0.2) is 0 Å². The fraction of sp³-hybridized carbons (Fsp3) is 0.714. The van der Waals surface area contributed by atoms with Gasteiger partial charge in [-0.2, -0.15) is 5.26 Å². The summed E-state index contributed by atoms with van der Waals surface area (Å²) in [5.74, 6) is -0.418. The number of nitrogens with two attached hydrogens (primary N) is 1. The summed E-state index contributed by atoms with van der Waals surface area (Å²) in [6, 6.07) is -0.367. The smallest absolute Gasteiger partial charge is 0.321 e. The minimum atomic E-state index is -0.574. The molecule has 0 saturated heterocycles. The van der Waals surface area contributed by atoms with Gasteiger partial charge in [0.25, 0.3) is 0 Å². The number of rotatable bonds is 4. The molecule has 0 amide bonds. The average molecular weight is 188 g/mol. The molecular formula is C7H12N2O2S. The Bertz CT molecular complexity index is 188. The molecule has 0 aliphatic heterocycles. The second kappa shape index (κ2) is 5.86. The molecule has 0 spiro atoms. The summed E-state index contributed by atoms with van der Waals surface area (Å²) in [6.45, 7) is 3.70. The zero-order valence-corrected chi connectivity index (χ0v) is 7.93. The molecular weight excluding hydrogens is 176 g/mol. The van der Waals surface area contributed by atoms with Crippen LogP contribution in [-0.2, 0) is 9.53 Å². The molecule has 12 heavy (non-hydrogen) atoms. The molecule has 0 rings (SSSR count). The van der Waals surface area contributed by atoms with Crippen molar-refractivity contribution in [2.45, 2.75) is 25.1 Å². The first-order valence-electron chi connectivity index (χ1n) is 3.60. The summed E-state index contributed by atoms with van der Waals surface area (Å²) < 4.78 is 4.73. The van der Waals surface area contributed by atoms with Crippen LogP contribution in [0.4, 0.5) is 0 Å². The van der Waals surface area contributed by atoms with E-state index < -0.39 is 11.2 Å². The molecule has 0 heterocycles. The number of carbonyl (C=O) groups is 1. The average Bonchev–Trinajstić information content (AvgIpc) is 1.99. The first-order valence-corrected chi connectivity index (χ1v) is 4.48. The van der Waals surface area contributed by atoms with Gasteiger partial charge in [0.2, 0.25) is 0 Å². The van der Waals surface area contributed by atoms with Crippen molar-refractivity contribution in [3.8, 4) is 5.40 Å². The molecule has 68 valence electrons. The number of nitrogens with zero attached hydrogens (tertiary/aromatic N) is 1. The van der Waals surface area contributed by atoms with Gasteiger partial charge in [0, 0.05) is 6.04 Å². The lowest BCUT2D eigenvalue weighted by molar-refractivity contribution is -0.142. The summed E-state index contributed by atoms with van der Waals surface area (Å²) in [7, 11) is 0. The van der Waals surface area contributed by atoms with Crippen LogP contribution in [-0.4, -0.2) is 23.9 Å². The number of esters is 1. The Morgan fingerprint density at radius 2 is 2.42 bits per heavy atom. The second-order valence-corrected chi connectivity index (χ2v) is 3.17. The largest absolute Gasteiger partial charge is 0.465 e. The molecule has 2 N–H and O–H groups in total.